The van der Waals surface area contributed by atoms with Gasteiger partial charge in [0.25, 0.3) is 0 Å². The predicted octanol–water partition coefficient (Wildman–Crippen LogP) is 1.89. The summed E-state index contributed by atoms with van der Waals surface area (Å²) in [5.74, 6) is 3.09. The van der Waals surface area contributed by atoms with E-state index in [1.807, 2.05) is 29.2 Å². The molecule has 2 rings (SSSR count). The van der Waals surface area contributed by atoms with E-state index >= 15 is 0 Å². The van der Waals surface area contributed by atoms with Gasteiger partial charge in [0.05, 0.1) is 13.7 Å². The highest BCUT2D eigenvalue weighted by Crippen LogP contribution is 2.17. The summed E-state index contributed by atoms with van der Waals surface area (Å²) in [5.41, 5.74) is 0. The van der Waals surface area contributed by atoms with E-state index in [0.29, 0.717) is 38.0 Å². The van der Waals surface area contributed by atoms with Gasteiger partial charge in [0.15, 0.2) is 5.96 Å². The number of methoxy groups -OCH3 is 1. The van der Waals surface area contributed by atoms with Crippen LogP contribution in [0.5, 0.6) is 11.5 Å². The van der Waals surface area contributed by atoms with Crippen molar-refractivity contribution in [2.45, 2.75) is 26.2 Å². The van der Waals surface area contributed by atoms with Crippen LogP contribution in [0.2, 0.25) is 0 Å². The smallest absolute Gasteiger partial charge is 0.224 e. The summed E-state index contributed by atoms with van der Waals surface area (Å²) in [4.78, 5) is 18.4. The molecule has 0 saturated carbocycles. The molecule has 1 aromatic rings. The highest BCUT2D eigenvalue weighted by molar-refractivity contribution is 5.81. The molecule has 0 bridgehead atoms. The van der Waals surface area contributed by atoms with Crippen molar-refractivity contribution in [3.63, 3.8) is 0 Å². The number of hydrogen-bond donors (Lipinski definition) is 2. The van der Waals surface area contributed by atoms with Gasteiger partial charge in [0.1, 0.15) is 18.1 Å². The van der Waals surface area contributed by atoms with Gasteiger partial charge in [-0.1, -0.05) is 6.92 Å². The lowest BCUT2D eigenvalue weighted by atomic mass is 10.00. The number of benzene rings is 1. The van der Waals surface area contributed by atoms with Crippen LogP contribution in [0, 0.1) is 5.92 Å². The van der Waals surface area contributed by atoms with E-state index in [2.05, 4.69) is 22.5 Å². The molecule has 1 aliphatic heterocycles. The Morgan fingerprint density at radius 1 is 1.22 bits per heavy atom. The number of carbonyl (C=O) groups is 1. The average Bonchev–Trinajstić information content (AvgIpc) is 2.70. The van der Waals surface area contributed by atoms with Crippen LogP contribution >= 0.6 is 0 Å². The lowest BCUT2D eigenvalue weighted by molar-refractivity contribution is -0.132. The third-order valence-electron chi connectivity index (χ3n) is 4.59. The van der Waals surface area contributed by atoms with Crippen LogP contribution in [0.3, 0.4) is 0 Å². The molecule has 0 aromatic heterocycles. The predicted molar refractivity (Wildman–Crippen MR) is 107 cm³/mol. The van der Waals surface area contributed by atoms with Gasteiger partial charge < -0.3 is 25.0 Å². The standard InChI is InChI=1S/C20H32N4O3/c1-16-5-4-13-24(15-16)19(25)10-11-22-20(21-2)23-12-14-27-18-8-6-17(26-3)7-9-18/h6-9,16H,4-5,10-15H2,1-3H3,(H2,21,22,23). The van der Waals surface area contributed by atoms with Crippen molar-refractivity contribution in [1.29, 1.82) is 0 Å². The normalized spacial score (nSPS) is 17.4. The van der Waals surface area contributed by atoms with Crippen molar-refractivity contribution >= 4 is 11.9 Å². The third-order valence-corrected chi connectivity index (χ3v) is 4.59. The SMILES string of the molecule is CN=C(NCCOc1ccc(OC)cc1)NCCC(=O)N1CCCC(C)C1. The number of rotatable bonds is 8. The number of amides is 1. The Bertz CT molecular complexity index is 604. The lowest BCUT2D eigenvalue weighted by Crippen LogP contribution is -2.43. The maximum atomic E-state index is 12.3. The Morgan fingerprint density at radius 2 is 1.93 bits per heavy atom. The highest BCUT2D eigenvalue weighted by Gasteiger charge is 2.20. The number of carbonyl (C=O) groups excluding carboxylic acids is 1. The number of nitrogens with one attached hydrogen (secondary N) is 2. The van der Waals surface area contributed by atoms with Gasteiger partial charge in [-0.2, -0.15) is 0 Å². The molecule has 0 spiro atoms. The Balaban J connectivity index is 1.60. The van der Waals surface area contributed by atoms with Gasteiger partial charge in [0.2, 0.25) is 5.91 Å². The number of likely N-dealkylation sites (tertiary alicyclic amines) is 1. The molecule has 1 unspecified atom stereocenters. The van der Waals surface area contributed by atoms with Crippen LogP contribution in [-0.4, -0.2) is 63.7 Å². The Hall–Kier alpha value is -2.44. The van der Waals surface area contributed by atoms with E-state index in [4.69, 9.17) is 9.47 Å². The topological polar surface area (TPSA) is 75.2 Å². The fraction of sp³-hybridized carbons (Fsp3) is 0.600. The van der Waals surface area contributed by atoms with Gasteiger partial charge in [-0.15, -0.1) is 0 Å². The molecule has 2 N–H and O–H groups in total. The van der Waals surface area contributed by atoms with Crippen LogP contribution in [0.15, 0.2) is 29.3 Å². The molecular weight excluding hydrogens is 344 g/mol. The number of nitrogens with zero attached hydrogens (tertiary/aromatic N) is 2. The van der Waals surface area contributed by atoms with Crippen molar-refractivity contribution in [2.75, 3.05) is 46.9 Å². The molecule has 0 radical (unpaired) electrons. The first-order chi connectivity index (χ1) is 13.1. The van der Waals surface area contributed by atoms with Gasteiger partial charge in [0, 0.05) is 33.1 Å². The molecule has 1 fully saturated rings. The van der Waals surface area contributed by atoms with E-state index in [9.17, 15) is 4.79 Å². The zero-order chi connectivity index (χ0) is 19.5. The third kappa shape index (κ3) is 7.37. The van der Waals surface area contributed by atoms with Gasteiger partial charge in [-0.3, -0.25) is 9.79 Å². The fourth-order valence-electron chi connectivity index (χ4n) is 3.09. The number of guanidine groups is 1. The summed E-state index contributed by atoms with van der Waals surface area (Å²) in [7, 11) is 3.35. The molecule has 0 aliphatic carbocycles. The molecule has 150 valence electrons. The van der Waals surface area contributed by atoms with Crippen molar-refractivity contribution in [3.05, 3.63) is 24.3 Å². The lowest BCUT2D eigenvalue weighted by Gasteiger charge is -2.31. The number of aliphatic imine (C=N–C) groups is 1. The first-order valence-electron chi connectivity index (χ1n) is 9.61. The Labute approximate surface area is 162 Å². The number of piperidine rings is 1. The van der Waals surface area contributed by atoms with Crippen LogP contribution in [-0.2, 0) is 4.79 Å². The minimum absolute atomic E-state index is 0.215. The largest absolute Gasteiger partial charge is 0.497 e. The van der Waals surface area contributed by atoms with Crippen LogP contribution in [0.25, 0.3) is 0 Å². The molecule has 7 nitrogen and oxygen atoms in total. The summed E-state index contributed by atoms with van der Waals surface area (Å²) in [5, 5.41) is 6.37. The summed E-state index contributed by atoms with van der Waals surface area (Å²) >= 11 is 0. The number of ether oxygens (including phenoxy) is 2. The summed E-state index contributed by atoms with van der Waals surface area (Å²) < 4.78 is 10.8. The first-order valence-corrected chi connectivity index (χ1v) is 9.61. The molecule has 1 aliphatic rings. The highest BCUT2D eigenvalue weighted by atomic mass is 16.5. The van der Waals surface area contributed by atoms with Crippen LogP contribution in [0.1, 0.15) is 26.2 Å². The zero-order valence-electron chi connectivity index (χ0n) is 16.7. The summed E-state index contributed by atoms with van der Waals surface area (Å²) in [6, 6.07) is 7.48. The molecule has 1 heterocycles. The van der Waals surface area contributed by atoms with Gasteiger partial charge in [-0.25, -0.2) is 0 Å². The molecule has 1 saturated heterocycles. The maximum absolute atomic E-state index is 12.3. The van der Waals surface area contributed by atoms with Crippen molar-refractivity contribution < 1.29 is 14.3 Å². The minimum atomic E-state index is 0.215. The van der Waals surface area contributed by atoms with Crippen molar-refractivity contribution in [3.8, 4) is 11.5 Å². The van der Waals surface area contributed by atoms with E-state index in [-0.39, 0.29) is 5.91 Å². The van der Waals surface area contributed by atoms with Gasteiger partial charge >= 0.3 is 0 Å². The first kappa shape index (κ1) is 20.9. The molecule has 1 amide bonds. The monoisotopic (exact) mass is 376 g/mol. The minimum Gasteiger partial charge on any atom is -0.497 e. The van der Waals surface area contributed by atoms with Gasteiger partial charge in [-0.05, 0) is 43.0 Å². The molecule has 27 heavy (non-hydrogen) atoms. The second-order valence-electron chi connectivity index (χ2n) is 6.79. The van der Waals surface area contributed by atoms with Crippen molar-refractivity contribution in [1.82, 2.24) is 15.5 Å². The zero-order valence-corrected chi connectivity index (χ0v) is 16.7. The Kier molecular flexibility index (Phi) is 8.74. The maximum Gasteiger partial charge on any atom is 0.224 e. The second-order valence-corrected chi connectivity index (χ2v) is 6.79. The molecule has 1 aromatic carbocycles. The van der Waals surface area contributed by atoms with E-state index in [1.165, 1.54) is 6.42 Å². The molecule has 7 heteroatoms. The second kappa shape index (κ2) is 11.3. The molecule has 1 atom stereocenters. The van der Waals surface area contributed by atoms with Crippen LogP contribution in [0.4, 0.5) is 0 Å². The summed E-state index contributed by atoms with van der Waals surface area (Å²) in [6.45, 7) is 5.68. The van der Waals surface area contributed by atoms with E-state index < -0.39 is 0 Å². The fourth-order valence-corrected chi connectivity index (χ4v) is 3.09. The quantitative estimate of drug-likeness (QED) is 0.412. The number of hydrogen-bond acceptors (Lipinski definition) is 4. The van der Waals surface area contributed by atoms with E-state index in [0.717, 1.165) is 31.0 Å². The molecular formula is C20H32N4O3. The Morgan fingerprint density at radius 3 is 2.59 bits per heavy atom. The summed E-state index contributed by atoms with van der Waals surface area (Å²) in [6.07, 6.45) is 2.81. The van der Waals surface area contributed by atoms with Crippen LogP contribution < -0.4 is 20.1 Å². The van der Waals surface area contributed by atoms with E-state index in [1.54, 1.807) is 14.2 Å². The average molecular weight is 377 g/mol. The van der Waals surface area contributed by atoms with Crippen molar-refractivity contribution in [2.24, 2.45) is 10.9 Å².